The van der Waals surface area contributed by atoms with Crippen LogP contribution in [0.15, 0.2) is 24.3 Å². The highest BCUT2D eigenvalue weighted by molar-refractivity contribution is 5.31. The van der Waals surface area contributed by atoms with Crippen molar-refractivity contribution in [2.75, 3.05) is 6.61 Å². The van der Waals surface area contributed by atoms with E-state index in [1.807, 2.05) is 6.92 Å². The molecule has 1 aliphatic heterocycles. The van der Waals surface area contributed by atoms with Gasteiger partial charge in [-0.2, -0.15) is 0 Å². The van der Waals surface area contributed by atoms with Gasteiger partial charge in [0.05, 0.1) is 6.10 Å². The highest BCUT2D eigenvalue weighted by atomic mass is 16.7. The van der Waals surface area contributed by atoms with Crippen molar-refractivity contribution in [3.05, 3.63) is 35.4 Å². The van der Waals surface area contributed by atoms with Crippen molar-refractivity contribution in [3.63, 3.8) is 0 Å². The molecule has 1 aromatic rings. The summed E-state index contributed by atoms with van der Waals surface area (Å²) in [7, 11) is 0. The molecular weight excluding hydrogens is 200 g/mol. The summed E-state index contributed by atoms with van der Waals surface area (Å²) in [4.78, 5) is 0. The van der Waals surface area contributed by atoms with E-state index in [0.717, 1.165) is 25.9 Å². The largest absolute Gasteiger partial charge is 0.353 e. The summed E-state index contributed by atoms with van der Waals surface area (Å²) in [5.41, 5.74) is 2.96. The Hall–Kier alpha value is -0.860. The number of hydrogen-bond acceptors (Lipinski definition) is 2. The van der Waals surface area contributed by atoms with E-state index in [-0.39, 0.29) is 6.29 Å². The zero-order valence-electron chi connectivity index (χ0n) is 9.69. The van der Waals surface area contributed by atoms with Crippen molar-refractivity contribution in [1.29, 1.82) is 0 Å². The summed E-state index contributed by atoms with van der Waals surface area (Å²) >= 11 is 0. The van der Waals surface area contributed by atoms with E-state index in [2.05, 4.69) is 24.3 Å². The van der Waals surface area contributed by atoms with Gasteiger partial charge in [0.2, 0.25) is 0 Å². The maximum absolute atomic E-state index is 5.94. The number of hydrogen-bond donors (Lipinski definition) is 0. The third-order valence-electron chi connectivity index (χ3n) is 3.72. The van der Waals surface area contributed by atoms with Crippen LogP contribution in [0.3, 0.4) is 0 Å². The van der Waals surface area contributed by atoms with Crippen LogP contribution in [0, 0.1) is 5.92 Å². The average Bonchev–Trinajstić information content (AvgIpc) is 2.67. The van der Waals surface area contributed by atoms with Gasteiger partial charge >= 0.3 is 0 Å². The summed E-state index contributed by atoms with van der Waals surface area (Å²) in [5.74, 6) is 0.659. The molecule has 0 aromatic heterocycles. The van der Waals surface area contributed by atoms with Gasteiger partial charge in [0.1, 0.15) is 0 Å². The molecule has 3 rings (SSSR count). The summed E-state index contributed by atoms with van der Waals surface area (Å²) in [6.45, 7) is 2.77. The molecule has 1 aliphatic carbocycles. The standard InChI is InChI=1S/C14H18O2/c1-2-15-14-9-12-7-10-5-3-4-6-11(10)8-13(12)16-14/h3-6,12-14H,2,7-9H2,1H3/t12-,13+,14?/m0/s1. The topological polar surface area (TPSA) is 18.5 Å². The van der Waals surface area contributed by atoms with E-state index in [1.165, 1.54) is 11.1 Å². The molecule has 0 radical (unpaired) electrons. The third kappa shape index (κ3) is 1.76. The molecular formula is C14H18O2. The minimum Gasteiger partial charge on any atom is -0.353 e. The lowest BCUT2D eigenvalue weighted by Gasteiger charge is -2.26. The Bertz CT molecular complexity index is 342. The predicted octanol–water partition coefficient (Wildman–Crippen LogP) is 2.55. The molecule has 3 atom stereocenters. The van der Waals surface area contributed by atoms with Gasteiger partial charge in [-0.15, -0.1) is 0 Å². The monoisotopic (exact) mass is 218 g/mol. The fraction of sp³-hybridized carbons (Fsp3) is 0.571. The highest BCUT2D eigenvalue weighted by Gasteiger charge is 2.38. The van der Waals surface area contributed by atoms with Crippen molar-refractivity contribution < 1.29 is 9.47 Å². The van der Waals surface area contributed by atoms with Crippen LogP contribution in [0.1, 0.15) is 24.5 Å². The van der Waals surface area contributed by atoms with Crippen LogP contribution in [0.2, 0.25) is 0 Å². The van der Waals surface area contributed by atoms with Gasteiger partial charge in [0, 0.05) is 13.0 Å². The van der Waals surface area contributed by atoms with Crippen LogP contribution < -0.4 is 0 Å². The average molecular weight is 218 g/mol. The molecule has 1 fully saturated rings. The number of fused-ring (bicyclic) bond motifs is 2. The second kappa shape index (κ2) is 4.19. The Morgan fingerprint density at radius 1 is 1.25 bits per heavy atom. The first-order valence-corrected chi connectivity index (χ1v) is 6.20. The quantitative estimate of drug-likeness (QED) is 0.759. The second-order valence-electron chi connectivity index (χ2n) is 4.73. The van der Waals surface area contributed by atoms with Crippen molar-refractivity contribution in [2.24, 2.45) is 5.92 Å². The van der Waals surface area contributed by atoms with Crippen LogP contribution in [-0.2, 0) is 22.3 Å². The molecule has 0 N–H and O–H groups in total. The predicted molar refractivity (Wildman–Crippen MR) is 62.2 cm³/mol. The summed E-state index contributed by atoms with van der Waals surface area (Å²) in [5, 5.41) is 0. The Kier molecular flexibility index (Phi) is 2.70. The molecule has 0 amide bonds. The van der Waals surface area contributed by atoms with Crippen LogP contribution >= 0.6 is 0 Å². The van der Waals surface area contributed by atoms with Gasteiger partial charge in [-0.1, -0.05) is 24.3 Å². The molecule has 1 unspecified atom stereocenters. The molecule has 0 saturated carbocycles. The summed E-state index contributed by atoms with van der Waals surface area (Å²) in [6.07, 6.45) is 3.70. The number of ether oxygens (including phenoxy) is 2. The summed E-state index contributed by atoms with van der Waals surface area (Å²) < 4.78 is 11.5. The van der Waals surface area contributed by atoms with Crippen molar-refractivity contribution in [3.8, 4) is 0 Å². The minimum atomic E-state index is 0.0364. The van der Waals surface area contributed by atoms with E-state index < -0.39 is 0 Å². The summed E-state index contributed by atoms with van der Waals surface area (Å²) in [6, 6.07) is 8.73. The molecule has 2 aliphatic rings. The maximum atomic E-state index is 5.94. The molecule has 1 saturated heterocycles. The smallest absolute Gasteiger partial charge is 0.158 e. The number of rotatable bonds is 2. The van der Waals surface area contributed by atoms with Gasteiger partial charge in [-0.25, -0.2) is 0 Å². The highest BCUT2D eigenvalue weighted by Crippen LogP contribution is 2.37. The van der Waals surface area contributed by atoms with Crippen molar-refractivity contribution in [1.82, 2.24) is 0 Å². The zero-order valence-corrected chi connectivity index (χ0v) is 9.69. The molecule has 86 valence electrons. The van der Waals surface area contributed by atoms with E-state index in [0.29, 0.717) is 12.0 Å². The lowest BCUT2D eigenvalue weighted by Crippen LogP contribution is -2.26. The van der Waals surface area contributed by atoms with Crippen LogP contribution in [0.5, 0.6) is 0 Å². The van der Waals surface area contributed by atoms with Crippen LogP contribution in [0.25, 0.3) is 0 Å². The Morgan fingerprint density at radius 2 is 2.00 bits per heavy atom. The minimum absolute atomic E-state index is 0.0364. The molecule has 1 heterocycles. The molecule has 2 nitrogen and oxygen atoms in total. The third-order valence-corrected chi connectivity index (χ3v) is 3.72. The fourth-order valence-corrected chi connectivity index (χ4v) is 2.94. The Balaban J connectivity index is 1.76. The molecule has 0 bridgehead atoms. The fourth-order valence-electron chi connectivity index (χ4n) is 2.94. The van der Waals surface area contributed by atoms with Gasteiger partial charge < -0.3 is 9.47 Å². The Morgan fingerprint density at radius 3 is 2.75 bits per heavy atom. The van der Waals surface area contributed by atoms with Crippen molar-refractivity contribution >= 4 is 0 Å². The zero-order chi connectivity index (χ0) is 11.0. The lowest BCUT2D eigenvalue weighted by atomic mass is 9.81. The molecule has 0 spiro atoms. The van der Waals surface area contributed by atoms with Gasteiger partial charge in [0.25, 0.3) is 0 Å². The first-order valence-electron chi connectivity index (χ1n) is 6.20. The van der Waals surface area contributed by atoms with Crippen molar-refractivity contribution in [2.45, 2.75) is 38.6 Å². The van der Waals surface area contributed by atoms with E-state index in [1.54, 1.807) is 0 Å². The van der Waals surface area contributed by atoms with Gasteiger partial charge in [-0.3, -0.25) is 0 Å². The number of benzene rings is 1. The Labute approximate surface area is 96.6 Å². The van der Waals surface area contributed by atoms with E-state index in [4.69, 9.17) is 9.47 Å². The normalized spacial score (nSPS) is 32.2. The SMILES string of the molecule is CCOC1C[C@@H]2Cc3ccccc3C[C@H]2O1. The molecule has 1 aromatic carbocycles. The van der Waals surface area contributed by atoms with E-state index in [9.17, 15) is 0 Å². The molecule has 16 heavy (non-hydrogen) atoms. The van der Waals surface area contributed by atoms with Crippen LogP contribution in [-0.4, -0.2) is 19.0 Å². The maximum Gasteiger partial charge on any atom is 0.158 e. The van der Waals surface area contributed by atoms with Gasteiger partial charge in [-0.05, 0) is 36.8 Å². The lowest BCUT2D eigenvalue weighted by molar-refractivity contribution is -0.130. The first-order chi connectivity index (χ1) is 7.86. The molecule has 2 heteroatoms. The first kappa shape index (κ1) is 10.3. The van der Waals surface area contributed by atoms with Gasteiger partial charge in [0.15, 0.2) is 6.29 Å². The van der Waals surface area contributed by atoms with E-state index >= 15 is 0 Å². The second-order valence-corrected chi connectivity index (χ2v) is 4.73. The van der Waals surface area contributed by atoms with Crippen LogP contribution in [0.4, 0.5) is 0 Å².